The van der Waals surface area contributed by atoms with Crippen LogP contribution >= 0.6 is 0 Å². The molecule has 0 bridgehead atoms. The number of ether oxygens (including phenoxy) is 3. The summed E-state index contributed by atoms with van der Waals surface area (Å²) in [4.78, 5) is 38.4. The second-order valence-corrected chi connectivity index (χ2v) is 13.8. The molecule has 0 radical (unpaired) electrons. The van der Waals surface area contributed by atoms with Gasteiger partial charge in [0, 0.05) is 69.8 Å². The van der Waals surface area contributed by atoms with E-state index in [9.17, 15) is 14.4 Å². The first kappa shape index (κ1) is 52.8. The summed E-state index contributed by atoms with van der Waals surface area (Å²) < 4.78 is 16.9. The monoisotopic (exact) mass is 822 g/mol. The molecule has 0 fully saturated rings. The number of hydrogen-bond acceptors (Lipinski definition) is 11. The molecule has 4 rings (SSSR count). The van der Waals surface area contributed by atoms with Crippen molar-refractivity contribution < 1.29 is 73.8 Å². The first-order valence-electron chi connectivity index (χ1n) is 20.3. The fourth-order valence-corrected chi connectivity index (χ4v) is 6.10. The van der Waals surface area contributed by atoms with Crippen molar-refractivity contribution >= 4 is 29.9 Å². The van der Waals surface area contributed by atoms with Crippen LogP contribution in [0.3, 0.4) is 0 Å². The molecule has 59 heavy (non-hydrogen) atoms. The van der Waals surface area contributed by atoms with Crippen LogP contribution in [0.4, 0.5) is 11.4 Å². The van der Waals surface area contributed by atoms with Crippen LogP contribution in [-0.2, 0) is 22.7 Å². The first-order valence-corrected chi connectivity index (χ1v) is 20.3. The van der Waals surface area contributed by atoms with Crippen molar-refractivity contribution in [1.82, 2.24) is 0 Å². The predicted octanol–water partition coefficient (Wildman–Crippen LogP) is 5.67. The van der Waals surface area contributed by atoms with Crippen molar-refractivity contribution in [3.8, 4) is 11.5 Å². The molecule has 316 valence electrons. The normalized spacial score (nSPS) is 10.2. The fraction of sp³-hybridized carbons (Fsp3) is 0.426. The topological polar surface area (TPSA) is 156 Å². The second kappa shape index (κ2) is 32.6. The van der Waals surface area contributed by atoms with Gasteiger partial charge in [0.2, 0.25) is 0 Å². The van der Waals surface area contributed by atoms with Crippen molar-refractivity contribution in [2.45, 2.75) is 84.8 Å². The third kappa shape index (κ3) is 21.0. The SMILES string of the molecule is CCCCCN(CCCCOC(C)=O)c1ccc(C=O)c(OCc2ccccc2)c1.O=Cc1ccc(N(CCCCO)CCCCO)cc1OCc1ccccc1.[Na+].[OH-]. The van der Waals surface area contributed by atoms with Gasteiger partial charge in [-0.2, -0.15) is 0 Å². The molecule has 0 spiro atoms. The predicted molar refractivity (Wildman–Crippen MR) is 230 cm³/mol. The molecule has 12 heteroatoms. The first-order chi connectivity index (χ1) is 27.9. The molecule has 4 aromatic rings. The van der Waals surface area contributed by atoms with Crippen molar-refractivity contribution in [2.75, 3.05) is 55.8 Å². The molecule has 0 heterocycles. The number of carbonyl (C=O) groups is 3. The third-order valence-electron chi connectivity index (χ3n) is 9.28. The van der Waals surface area contributed by atoms with Gasteiger partial charge < -0.3 is 39.7 Å². The molecule has 0 amide bonds. The Morgan fingerprint density at radius 2 is 1.00 bits per heavy atom. The van der Waals surface area contributed by atoms with Crippen LogP contribution in [0.15, 0.2) is 97.1 Å². The quantitative estimate of drug-likeness (QED) is 0.0331. The van der Waals surface area contributed by atoms with E-state index in [1.54, 1.807) is 6.07 Å². The molecule has 4 aromatic carbocycles. The number of aliphatic hydroxyl groups excluding tert-OH is 2. The Kier molecular flexibility index (Phi) is 29.2. The summed E-state index contributed by atoms with van der Waals surface area (Å²) in [7, 11) is 0. The Morgan fingerprint density at radius 3 is 1.37 bits per heavy atom. The zero-order valence-electron chi connectivity index (χ0n) is 35.3. The average molecular weight is 823 g/mol. The maximum Gasteiger partial charge on any atom is 1.00 e. The minimum absolute atomic E-state index is 0. The third-order valence-corrected chi connectivity index (χ3v) is 9.28. The van der Waals surface area contributed by atoms with Gasteiger partial charge in [0.15, 0.2) is 12.6 Å². The zero-order valence-corrected chi connectivity index (χ0v) is 37.3. The number of anilines is 2. The van der Waals surface area contributed by atoms with Crippen molar-refractivity contribution in [2.24, 2.45) is 0 Å². The molecule has 0 aromatic heterocycles. The van der Waals surface area contributed by atoms with Crippen molar-refractivity contribution in [3.63, 3.8) is 0 Å². The fourth-order valence-electron chi connectivity index (χ4n) is 6.10. The number of esters is 1. The number of carbonyl (C=O) groups excluding carboxylic acids is 3. The van der Waals surface area contributed by atoms with Gasteiger partial charge >= 0.3 is 35.5 Å². The number of hydrogen-bond donors (Lipinski definition) is 2. The smallest absolute Gasteiger partial charge is 0.870 e. The molecule has 0 saturated carbocycles. The van der Waals surface area contributed by atoms with Crippen LogP contribution < -0.4 is 48.8 Å². The number of aliphatic hydroxyl groups is 2. The van der Waals surface area contributed by atoms with E-state index in [0.29, 0.717) is 42.4 Å². The zero-order chi connectivity index (χ0) is 40.9. The molecule has 0 aliphatic carbocycles. The Hall–Kier alpha value is -4.23. The summed E-state index contributed by atoms with van der Waals surface area (Å²) in [6.45, 7) is 8.69. The van der Waals surface area contributed by atoms with E-state index in [4.69, 9.17) is 24.4 Å². The van der Waals surface area contributed by atoms with Crippen LogP contribution in [0.1, 0.15) is 103 Å². The van der Waals surface area contributed by atoms with Crippen LogP contribution in [0.25, 0.3) is 0 Å². The van der Waals surface area contributed by atoms with E-state index in [1.807, 2.05) is 91.0 Å². The second-order valence-electron chi connectivity index (χ2n) is 13.8. The number of nitrogens with zero attached hydrogens (tertiary/aromatic N) is 2. The van der Waals surface area contributed by atoms with Gasteiger partial charge in [0.05, 0.1) is 17.7 Å². The molecule has 0 atom stereocenters. The van der Waals surface area contributed by atoms with Crippen LogP contribution in [0, 0.1) is 0 Å². The van der Waals surface area contributed by atoms with E-state index in [0.717, 1.165) is 113 Å². The summed E-state index contributed by atoms with van der Waals surface area (Å²) in [5.74, 6) is 0.937. The Balaban J connectivity index is 0.000000573. The van der Waals surface area contributed by atoms with Crippen LogP contribution in [-0.4, -0.2) is 80.2 Å². The minimum Gasteiger partial charge on any atom is -0.870 e. The Bertz CT molecular complexity index is 1700. The van der Waals surface area contributed by atoms with E-state index in [2.05, 4.69) is 16.7 Å². The average Bonchev–Trinajstić information content (AvgIpc) is 3.24. The Morgan fingerprint density at radius 1 is 0.593 bits per heavy atom. The molecular weight excluding hydrogens is 760 g/mol. The van der Waals surface area contributed by atoms with Gasteiger partial charge in [-0.25, -0.2) is 0 Å². The van der Waals surface area contributed by atoms with E-state index in [-0.39, 0.29) is 54.2 Å². The van der Waals surface area contributed by atoms with Gasteiger partial charge in [-0.05, 0) is 80.3 Å². The maximum absolute atomic E-state index is 11.5. The summed E-state index contributed by atoms with van der Waals surface area (Å²) in [5.41, 5.74) is 5.22. The standard InChI is InChI=1S/C25H33NO4.C22H29NO4.Na.H2O/c1-3-4-8-15-26(16-9-10-17-29-21(2)28)24-14-13-23(19-27)25(18-24)30-20-22-11-6-5-7-12-22;24-14-6-4-12-23(13-5-7-15-25)21-11-10-20(17-26)22(16-21)27-18-19-8-2-1-3-9-19;;/h5-7,11-14,18-19H,3-4,8-10,15-17,20H2,1-2H3;1-3,8-11,16-17,24-25H,4-7,12-15,18H2;;1H2/q;;+1;/p-1. The molecule has 3 N–H and O–H groups in total. The van der Waals surface area contributed by atoms with E-state index < -0.39 is 0 Å². The summed E-state index contributed by atoms with van der Waals surface area (Å²) in [6.07, 6.45) is 10.1. The number of rotatable bonds is 27. The number of benzene rings is 4. The summed E-state index contributed by atoms with van der Waals surface area (Å²) in [6, 6.07) is 31.2. The van der Waals surface area contributed by atoms with Gasteiger partial charge in [-0.3, -0.25) is 14.4 Å². The molecule has 0 aliphatic heterocycles. The van der Waals surface area contributed by atoms with Crippen molar-refractivity contribution in [1.29, 1.82) is 0 Å². The molecule has 0 aliphatic rings. The largest absolute Gasteiger partial charge is 1.00 e. The van der Waals surface area contributed by atoms with Gasteiger partial charge in [-0.1, -0.05) is 80.4 Å². The minimum atomic E-state index is -0.237. The van der Waals surface area contributed by atoms with Crippen LogP contribution in [0.5, 0.6) is 11.5 Å². The van der Waals surface area contributed by atoms with E-state index >= 15 is 0 Å². The molecule has 11 nitrogen and oxygen atoms in total. The maximum atomic E-state index is 11.5. The summed E-state index contributed by atoms with van der Waals surface area (Å²) >= 11 is 0. The summed E-state index contributed by atoms with van der Waals surface area (Å²) in [5, 5.41) is 18.1. The number of aldehydes is 2. The Labute approximate surface area is 373 Å². The van der Waals surface area contributed by atoms with E-state index in [1.165, 1.54) is 13.3 Å². The van der Waals surface area contributed by atoms with Crippen molar-refractivity contribution in [3.05, 3.63) is 119 Å². The molecular formula is C47H63N2NaO9. The van der Waals surface area contributed by atoms with Gasteiger partial charge in [0.25, 0.3) is 0 Å². The molecule has 0 unspecified atom stereocenters. The van der Waals surface area contributed by atoms with Crippen LogP contribution in [0.2, 0.25) is 0 Å². The van der Waals surface area contributed by atoms with Gasteiger partial charge in [0.1, 0.15) is 24.7 Å². The van der Waals surface area contributed by atoms with Gasteiger partial charge in [-0.15, -0.1) is 0 Å². The molecule has 0 saturated heterocycles. The number of unbranched alkanes of at least 4 members (excludes halogenated alkanes) is 5.